The number of fused-ring (bicyclic) bond motifs is 1. The number of hydrogen-bond donors (Lipinski definition) is 0. The molecule has 0 amide bonds. The van der Waals surface area contributed by atoms with E-state index in [0.717, 1.165) is 36.5 Å². The van der Waals surface area contributed by atoms with Crippen LogP contribution < -0.4 is 4.74 Å². The molecule has 26 heavy (non-hydrogen) atoms. The minimum absolute atomic E-state index is 0.620. The summed E-state index contributed by atoms with van der Waals surface area (Å²) in [6, 6.07) is 20.1. The first-order valence-electron chi connectivity index (χ1n) is 8.65. The average molecular weight is 383 g/mol. The summed E-state index contributed by atoms with van der Waals surface area (Å²) in [5, 5.41) is 2.76. The Kier molecular flexibility index (Phi) is 5.23. The summed E-state index contributed by atoms with van der Waals surface area (Å²) < 4.78 is 8.14. The molecular formula is C21H19ClN2OS. The maximum absolute atomic E-state index is 6.15. The van der Waals surface area contributed by atoms with Crippen molar-refractivity contribution in [3.8, 4) is 5.75 Å². The van der Waals surface area contributed by atoms with Crippen LogP contribution >= 0.6 is 22.9 Å². The van der Waals surface area contributed by atoms with Crippen LogP contribution in [0.15, 0.2) is 66.0 Å². The molecule has 4 aromatic rings. The number of rotatable bonds is 7. The number of aryl methyl sites for hydroxylation is 1. The third-order valence-corrected chi connectivity index (χ3v) is 5.45. The maximum Gasteiger partial charge on any atom is 0.137 e. The van der Waals surface area contributed by atoms with Crippen molar-refractivity contribution < 1.29 is 4.74 Å². The van der Waals surface area contributed by atoms with E-state index in [2.05, 4.69) is 40.3 Å². The molecule has 0 aliphatic rings. The zero-order valence-electron chi connectivity index (χ0n) is 14.3. The van der Waals surface area contributed by atoms with Crippen molar-refractivity contribution in [2.24, 2.45) is 0 Å². The Morgan fingerprint density at radius 3 is 2.69 bits per heavy atom. The van der Waals surface area contributed by atoms with E-state index in [9.17, 15) is 0 Å². The summed E-state index contributed by atoms with van der Waals surface area (Å²) in [6.07, 6.45) is 1.75. The summed E-state index contributed by atoms with van der Waals surface area (Å²) >= 11 is 7.92. The van der Waals surface area contributed by atoms with Crippen LogP contribution in [0.5, 0.6) is 5.75 Å². The van der Waals surface area contributed by atoms with Crippen LogP contribution in [0.1, 0.15) is 17.1 Å². The zero-order valence-corrected chi connectivity index (χ0v) is 15.8. The summed E-state index contributed by atoms with van der Waals surface area (Å²) in [7, 11) is 0. The Morgan fingerprint density at radius 1 is 1.00 bits per heavy atom. The summed E-state index contributed by atoms with van der Waals surface area (Å²) in [4.78, 5) is 6.17. The molecule has 0 radical (unpaired) electrons. The lowest BCUT2D eigenvalue weighted by Crippen LogP contribution is -2.08. The van der Waals surface area contributed by atoms with Gasteiger partial charge >= 0.3 is 0 Å². The van der Waals surface area contributed by atoms with Crippen molar-refractivity contribution in [3.63, 3.8) is 0 Å². The van der Waals surface area contributed by atoms with Gasteiger partial charge in [-0.3, -0.25) is 0 Å². The van der Waals surface area contributed by atoms with E-state index in [-0.39, 0.29) is 0 Å². The van der Waals surface area contributed by atoms with Gasteiger partial charge in [0.05, 0.1) is 22.7 Å². The average Bonchev–Trinajstić information content (AvgIpc) is 3.28. The Bertz CT molecular complexity index is 994. The standard InChI is InChI=1S/C21H19ClN2OS/c22-17-8-1-4-11-20(17)25-13-6-12-24-19-10-3-2-9-18(19)23-21(24)15-16-7-5-14-26-16/h1-5,7-11,14H,6,12-13,15H2. The van der Waals surface area contributed by atoms with E-state index in [4.69, 9.17) is 21.3 Å². The van der Waals surface area contributed by atoms with Gasteiger partial charge in [-0.15, -0.1) is 11.3 Å². The highest BCUT2D eigenvalue weighted by atomic mass is 35.5. The lowest BCUT2D eigenvalue weighted by Gasteiger charge is -2.11. The van der Waals surface area contributed by atoms with E-state index in [1.165, 1.54) is 10.4 Å². The molecule has 132 valence electrons. The second-order valence-corrected chi connectivity index (χ2v) is 7.50. The van der Waals surface area contributed by atoms with E-state index in [0.29, 0.717) is 11.6 Å². The highest BCUT2D eigenvalue weighted by Crippen LogP contribution is 2.24. The van der Waals surface area contributed by atoms with Gasteiger partial charge in [-0.05, 0) is 42.1 Å². The molecule has 5 heteroatoms. The number of benzene rings is 2. The predicted octanol–water partition coefficient (Wildman–Crippen LogP) is 5.81. The molecule has 0 aliphatic heterocycles. The monoisotopic (exact) mass is 382 g/mol. The number of halogens is 1. The predicted molar refractivity (Wildman–Crippen MR) is 108 cm³/mol. The van der Waals surface area contributed by atoms with Crippen LogP contribution in [0.2, 0.25) is 5.02 Å². The summed E-state index contributed by atoms with van der Waals surface area (Å²) in [5.41, 5.74) is 2.22. The van der Waals surface area contributed by atoms with Gasteiger partial charge in [0.1, 0.15) is 11.6 Å². The van der Waals surface area contributed by atoms with Crippen molar-refractivity contribution in [1.82, 2.24) is 9.55 Å². The van der Waals surface area contributed by atoms with Crippen molar-refractivity contribution in [1.29, 1.82) is 0 Å². The van der Waals surface area contributed by atoms with Crippen LogP contribution in [0.25, 0.3) is 11.0 Å². The quantitative estimate of drug-likeness (QED) is 0.377. The van der Waals surface area contributed by atoms with Gasteiger partial charge in [0.15, 0.2) is 0 Å². The van der Waals surface area contributed by atoms with Crippen LogP contribution in [0, 0.1) is 0 Å². The van der Waals surface area contributed by atoms with E-state index in [1.54, 1.807) is 11.3 Å². The van der Waals surface area contributed by atoms with Gasteiger partial charge in [-0.2, -0.15) is 0 Å². The number of nitrogens with zero attached hydrogens (tertiary/aromatic N) is 2. The Balaban J connectivity index is 1.48. The fourth-order valence-corrected chi connectivity index (χ4v) is 3.94. The van der Waals surface area contributed by atoms with Crippen molar-refractivity contribution >= 4 is 34.0 Å². The highest BCUT2D eigenvalue weighted by molar-refractivity contribution is 7.09. The minimum atomic E-state index is 0.620. The van der Waals surface area contributed by atoms with Crippen LogP contribution in [-0.2, 0) is 13.0 Å². The fraction of sp³-hybridized carbons (Fsp3) is 0.190. The third-order valence-electron chi connectivity index (χ3n) is 4.27. The molecule has 2 aromatic carbocycles. The zero-order chi connectivity index (χ0) is 17.8. The molecule has 4 rings (SSSR count). The van der Waals surface area contributed by atoms with Gasteiger partial charge in [-0.1, -0.05) is 41.9 Å². The number of hydrogen-bond acceptors (Lipinski definition) is 3. The van der Waals surface area contributed by atoms with Gasteiger partial charge in [0.2, 0.25) is 0 Å². The number of imidazole rings is 1. The van der Waals surface area contributed by atoms with Crippen LogP contribution in [0.3, 0.4) is 0 Å². The first-order valence-corrected chi connectivity index (χ1v) is 9.91. The number of ether oxygens (including phenoxy) is 1. The molecule has 3 nitrogen and oxygen atoms in total. The highest BCUT2D eigenvalue weighted by Gasteiger charge is 2.11. The van der Waals surface area contributed by atoms with E-state index >= 15 is 0 Å². The Morgan fingerprint density at radius 2 is 1.85 bits per heavy atom. The van der Waals surface area contributed by atoms with Crippen LogP contribution in [-0.4, -0.2) is 16.2 Å². The van der Waals surface area contributed by atoms with Gasteiger partial charge in [-0.25, -0.2) is 4.98 Å². The second kappa shape index (κ2) is 7.94. The largest absolute Gasteiger partial charge is 0.492 e. The smallest absolute Gasteiger partial charge is 0.137 e. The lowest BCUT2D eigenvalue weighted by atomic mass is 10.3. The molecule has 0 bridgehead atoms. The Hall–Kier alpha value is -2.30. The molecule has 0 aliphatic carbocycles. The van der Waals surface area contributed by atoms with Gasteiger partial charge in [0.25, 0.3) is 0 Å². The van der Waals surface area contributed by atoms with Crippen molar-refractivity contribution in [3.05, 3.63) is 81.8 Å². The molecule has 0 N–H and O–H groups in total. The molecule has 0 atom stereocenters. The third kappa shape index (κ3) is 3.76. The van der Waals surface area contributed by atoms with E-state index in [1.807, 2.05) is 30.3 Å². The summed E-state index contributed by atoms with van der Waals surface area (Å²) in [6.45, 7) is 1.49. The molecule has 0 unspecified atom stereocenters. The van der Waals surface area contributed by atoms with Crippen LogP contribution in [0.4, 0.5) is 0 Å². The van der Waals surface area contributed by atoms with Crippen molar-refractivity contribution in [2.75, 3.05) is 6.61 Å². The van der Waals surface area contributed by atoms with E-state index < -0.39 is 0 Å². The molecule has 0 spiro atoms. The number of aromatic nitrogens is 2. The number of para-hydroxylation sites is 3. The fourth-order valence-electron chi connectivity index (χ4n) is 3.05. The lowest BCUT2D eigenvalue weighted by molar-refractivity contribution is 0.302. The topological polar surface area (TPSA) is 27.1 Å². The van der Waals surface area contributed by atoms with Crippen molar-refractivity contribution in [2.45, 2.75) is 19.4 Å². The molecule has 0 fully saturated rings. The normalized spacial score (nSPS) is 11.1. The molecule has 0 saturated carbocycles. The molecule has 0 saturated heterocycles. The molecule has 2 heterocycles. The second-order valence-electron chi connectivity index (χ2n) is 6.06. The molecule has 2 aromatic heterocycles. The van der Waals surface area contributed by atoms with Gasteiger partial charge in [0, 0.05) is 17.8 Å². The number of thiophene rings is 1. The van der Waals surface area contributed by atoms with Gasteiger partial charge < -0.3 is 9.30 Å². The Labute approximate surface area is 161 Å². The minimum Gasteiger partial charge on any atom is -0.492 e. The first kappa shape index (κ1) is 17.1. The molecular weight excluding hydrogens is 364 g/mol. The summed E-state index contributed by atoms with van der Waals surface area (Å²) in [5.74, 6) is 1.84. The first-order chi connectivity index (χ1) is 12.8. The SMILES string of the molecule is Clc1ccccc1OCCCn1c(Cc2cccs2)nc2ccccc21. The maximum atomic E-state index is 6.15.